The lowest BCUT2D eigenvalue weighted by Crippen LogP contribution is -2.41. The minimum Gasteiger partial charge on any atom is -0.424 e. The molecule has 1 aromatic carbocycles. The molecule has 0 atom stereocenters. The van der Waals surface area contributed by atoms with Crippen LogP contribution in [0.3, 0.4) is 0 Å². The van der Waals surface area contributed by atoms with Gasteiger partial charge in [0.25, 0.3) is 0 Å². The Hall–Kier alpha value is -1.99. The zero-order valence-electron chi connectivity index (χ0n) is 14.5. The molecule has 0 saturated carbocycles. The number of hydrogen-bond donors (Lipinski definition) is 0. The summed E-state index contributed by atoms with van der Waals surface area (Å²) in [5.74, 6) is 0.0970. The molecule has 1 saturated heterocycles. The molecule has 3 rings (SSSR count). The van der Waals surface area contributed by atoms with Gasteiger partial charge in [-0.25, -0.2) is 9.37 Å². The fourth-order valence-electron chi connectivity index (χ4n) is 2.26. The molecule has 1 fully saturated rings. The van der Waals surface area contributed by atoms with Crippen LogP contribution in [0.1, 0.15) is 33.4 Å². The lowest BCUT2D eigenvalue weighted by molar-refractivity contribution is 0.00578. The van der Waals surface area contributed by atoms with E-state index in [4.69, 9.17) is 14.0 Å². The molecule has 1 aliphatic heterocycles. The van der Waals surface area contributed by atoms with Crippen molar-refractivity contribution in [3.05, 3.63) is 42.0 Å². The van der Waals surface area contributed by atoms with Crippen LogP contribution in [0.5, 0.6) is 11.8 Å². The van der Waals surface area contributed by atoms with Gasteiger partial charge in [-0.2, -0.15) is 4.98 Å². The summed E-state index contributed by atoms with van der Waals surface area (Å²) >= 11 is 0. The number of rotatable bonds is 3. The number of aryl methyl sites for hydroxylation is 1. The standard InChI is InChI=1S/C17H20BFN2O3/c1-11-14(19)10-20-15(21-11)22-13-8-6-12(7-9-13)18-23-16(2,3)17(4,5)24-18/h6-10H,1-5H3. The van der Waals surface area contributed by atoms with Crippen LogP contribution >= 0.6 is 0 Å². The summed E-state index contributed by atoms with van der Waals surface area (Å²) < 4.78 is 30.7. The summed E-state index contributed by atoms with van der Waals surface area (Å²) in [7, 11) is -0.423. The SMILES string of the molecule is Cc1nc(Oc2ccc(B3OC(C)(C)C(C)(C)O3)cc2)ncc1F. The predicted octanol–water partition coefficient (Wildman–Crippen LogP) is 3.02. The van der Waals surface area contributed by atoms with Gasteiger partial charge in [0.05, 0.1) is 23.1 Å². The molecule has 7 heteroatoms. The maximum atomic E-state index is 13.2. The number of nitrogens with zero attached hydrogens (tertiary/aromatic N) is 2. The van der Waals surface area contributed by atoms with Crippen LogP contribution in [0.2, 0.25) is 0 Å². The van der Waals surface area contributed by atoms with E-state index >= 15 is 0 Å². The Kier molecular flexibility index (Phi) is 4.09. The zero-order chi connectivity index (χ0) is 17.5. The third-order valence-electron chi connectivity index (χ3n) is 4.51. The van der Waals surface area contributed by atoms with Crippen molar-refractivity contribution < 1.29 is 18.4 Å². The van der Waals surface area contributed by atoms with Gasteiger partial charge in [-0.15, -0.1) is 0 Å². The first-order valence-electron chi connectivity index (χ1n) is 7.80. The quantitative estimate of drug-likeness (QED) is 0.810. The van der Waals surface area contributed by atoms with E-state index in [1.807, 2.05) is 39.8 Å². The highest BCUT2D eigenvalue weighted by atomic mass is 19.1. The molecule has 0 bridgehead atoms. The molecule has 5 nitrogen and oxygen atoms in total. The first-order valence-corrected chi connectivity index (χ1v) is 7.80. The fraction of sp³-hybridized carbons (Fsp3) is 0.412. The number of benzene rings is 1. The van der Waals surface area contributed by atoms with Crippen molar-refractivity contribution in [3.8, 4) is 11.8 Å². The smallest absolute Gasteiger partial charge is 0.424 e. The fourth-order valence-corrected chi connectivity index (χ4v) is 2.26. The highest BCUT2D eigenvalue weighted by Crippen LogP contribution is 2.36. The molecular weight excluding hydrogens is 310 g/mol. The molecule has 24 heavy (non-hydrogen) atoms. The monoisotopic (exact) mass is 330 g/mol. The second kappa shape index (κ2) is 5.83. The van der Waals surface area contributed by atoms with Gasteiger partial charge in [-0.3, -0.25) is 0 Å². The Balaban J connectivity index is 1.73. The molecular formula is C17H20BFN2O3. The zero-order valence-corrected chi connectivity index (χ0v) is 14.5. The third kappa shape index (κ3) is 3.14. The minimum absolute atomic E-state index is 0.109. The Bertz CT molecular complexity index is 734. The Morgan fingerprint density at radius 1 is 1.04 bits per heavy atom. The number of aromatic nitrogens is 2. The molecule has 0 radical (unpaired) electrons. The molecule has 2 aromatic rings. The number of halogens is 1. The number of hydrogen-bond acceptors (Lipinski definition) is 5. The van der Waals surface area contributed by atoms with Crippen molar-refractivity contribution in [2.75, 3.05) is 0 Å². The molecule has 126 valence electrons. The van der Waals surface area contributed by atoms with Crippen LogP contribution in [0, 0.1) is 12.7 Å². The van der Waals surface area contributed by atoms with E-state index in [2.05, 4.69) is 9.97 Å². The molecule has 2 heterocycles. The van der Waals surface area contributed by atoms with Crippen molar-refractivity contribution in [1.82, 2.24) is 9.97 Å². The second-order valence-corrected chi connectivity index (χ2v) is 6.85. The van der Waals surface area contributed by atoms with Gasteiger partial charge < -0.3 is 14.0 Å². The van der Waals surface area contributed by atoms with Crippen molar-refractivity contribution in [2.45, 2.75) is 45.8 Å². The van der Waals surface area contributed by atoms with Crippen molar-refractivity contribution in [1.29, 1.82) is 0 Å². The highest BCUT2D eigenvalue weighted by molar-refractivity contribution is 6.62. The van der Waals surface area contributed by atoms with E-state index in [0.717, 1.165) is 11.7 Å². The van der Waals surface area contributed by atoms with E-state index in [1.165, 1.54) is 0 Å². The summed E-state index contributed by atoms with van der Waals surface area (Å²) in [6.45, 7) is 9.61. The van der Waals surface area contributed by atoms with Crippen LogP contribution in [-0.2, 0) is 9.31 Å². The maximum Gasteiger partial charge on any atom is 0.494 e. The molecule has 0 N–H and O–H groups in total. The van der Waals surface area contributed by atoms with Gasteiger partial charge in [0, 0.05) is 0 Å². The van der Waals surface area contributed by atoms with Crippen LogP contribution in [0.25, 0.3) is 0 Å². The maximum absolute atomic E-state index is 13.2. The number of ether oxygens (including phenoxy) is 1. The topological polar surface area (TPSA) is 53.5 Å². The van der Waals surface area contributed by atoms with E-state index in [9.17, 15) is 4.39 Å². The van der Waals surface area contributed by atoms with Gasteiger partial charge in [-0.1, -0.05) is 12.1 Å². The Morgan fingerprint density at radius 3 is 2.17 bits per heavy atom. The van der Waals surface area contributed by atoms with E-state index < -0.39 is 12.9 Å². The first kappa shape index (κ1) is 16.9. The highest BCUT2D eigenvalue weighted by Gasteiger charge is 2.51. The van der Waals surface area contributed by atoms with Crippen LogP contribution in [-0.4, -0.2) is 28.3 Å². The summed E-state index contributed by atoms with van der Waals surface area (Å²) in [6, 6.07) is 7.41. The van der Waals surface area contributed by atoms with Crippen LogP contribution in [0.15, 0.2) is 30.5 Å². The van der Waals surface area contributed by atoms with Crippen molar-refractivity contribution in [2.24, 2.45) is 0 Å². The van der Waals surface area contributed by atoms with Gasteiger partial charge in [0.1, 0.15) is 5.75 Å². The largest absolute Gasteiger partial charge is 0.494 e. The average Bonchev–Trinajstić information content (AvgIpc) is 2.72. The predicted molar refractivity (Wildman–Crippen MR) is 89.0 cm³/mol. The van der Waals surface area contributed by atoms with Gasteiger partial charge >= 0.3 is 13.1 Å². The normalized spacial score (nSPS) is 18.7. The minimum atomic E-state index is -0.460. The summed E-state index contributed by atoms with van der Waals surface area (Å²) in [5, 5.41) is 0. The van der Waals surface area contributed by atoms with E-state index in [1.54, 1.807) is 19.1 Å². The van der Waals surface area contributed by atoms with Crippen molar-refractivity contribution in [3.63, 3.8) is 0 Å². The van der Waals surface area contributed by atoms with E-state index in [0.29, 0.717) is 5.75 Å². The summed E-state index contributed by atoms with van der Waals surface area (Å²) in [6.07, 6.45) is 1.09. The Labute approximate surface area is 141 Å². The Morgan fingerprint density at radius 2 is 1.62 bits per heavy atom. The van der Waals surface area contributed by atoms with E-state index in [-0.39, 0.29) is 22.9 Å². The van der Waals surface area contributed by atoms with Gasteiger partial charge in [-0.05, 0) is 52.2 Å². The van der Waals surface area contributed by atoms with Crippen LogP contribution in [0.4, 0.5) is 4.39 Å². The first-order chi connectivity index (χ1) is 11.2. The second-order valence-electron chi connectivity index (χ2n) is 6.85. The lowest BCUT2D eigenvalue weighted by atomic mass is 9.79. The van der Waals surface area contributed by atoms with Crippen LogP contribution < -0.4 is 10.2 Å². The molecule has 0 unspecified atom stereocenters. The van der Waals surface area contributed by atoms with Gasteiger partial charge in [0.15, 0.2) is 5.82 Å². The summed E-state index contributed by atoms with van der Waals surface area (Å²) in [4.78, 5) is 7.76. The molecule has 0 spiro atoms. The molecule has 1 aromatic heterocycles. The molecule has 1 aliphatic rings. The van der Waals surface area contributed by atoms with Crippen molar-refractivity contribution >= 4 is 12.6 Å². The van der Waals surface area contributed by atoms with Gasteiger partial charge in [0.2, 0.25) is 0 Å². The average molecular weight is 330 g/mol. The molecule has 0 aliphatic carbocycles. The summed E-state index contributed by atoms with van der Waals surface area (Å²) in [5.41, 5.74) is 0.379. The third-order valence-corrected chi connectivity index (χ3v) is 4.51. The molecule has 0 amide bonds. The lowest BCUT2D eigenvalue weighted by Gasteiger charge is -2.32.